The fraction of sp³-hybridized carbons (Fsp3) is 0.348. The molecular formula is C23H25BrFN3O3. The summed E-state index contributed by atoms with van der Waals surface area (Å²) in [7, 11) is 0. The molecule has 0 atom stereocenters. The SMILES string of the molecule is O=C(CCNC(=O)c1cc(F)ccc1Br)NCc1cccc(C(=O)N2CCCCC2)c1. The predicted molar refractivity (Wildman–Crippen MR) is 119 cm³/mol. The molecule has 6 nitrogen and oxygen atoms in total. The Kier molecular flexibility index (Phi) is 8.17. The van der Waals surface area contributed by atoms with Gasteiger partial charge in [0.2, 0.25) is 5.91 Å². The van der Waals surface area contributed by atoms with Crippen molar-refractivity contribution in [3.05, 3.63) is 69.4 Å². The first-order valence-corrected chi connectivity index (χ1v) is 11.1. The molecule has 3 rings (SSSR count). The lowest BCUT2D eigenvalue weighted by molar-refractivity contribution is -0.121. The van der Waals surface area contributed by atoms with Gasteiger partial charge in [0, 0.05) is 42.6 Å². The Bertz CT molecular complexity index is 961. The van der Waals surface area contributed by atoms with Gasteiger partial charge in [0.05, 0.1) is 5.56 Å². The fourth-order valence-electron chi connectivity index (χ4n) is 3.44. The van der Waals surface area contributed by atoms with Crippen LogP contribution < -0.4 is 10.6 Å². The van der Waals surface area contributed by atoms with Gasteiger partial charge in [-0.05, 0) is 71.1 Å². The number of likely N-dealkylation sites (tertiary alicyclic amines) is 1. The summed E-state index contributed by atoms with van der Waals surface area (Å²) in [5, 5.41) is 5.40. The lowest BCUT2D eigenvalue weighted by Crippen LogP contribution is -2.35. The maximum absolute atomic E-state index is 13.3. The summed E-state index contributed by atoms with van der Waals surface area (Å²) < 4.78 is 13.8. The minimum atomic E-state index is -0.507. The van der Waals surface area contributed by atoms with Gasteiger partial charge in [-0.2, -0.15) is 0 Å². The van der Waals surface area contributed by atoms with Crippen LogP contribution in [0.3, 0.4) is 0 Å². The number of benzene rings is 2. The highest BCUT2D eigenvalue weighted by atomic mass is 79.9. The topological polar surface area (TPSA) is 78.5 Å². The molecule has 0 spiro atoms. The van der Waals surface area contributed by atoms with Crippen molar-refractivity contribution in [3.63, 3.8) is 0 Å². The Hall–Kier alpha value is -2.74. The standard InChI is InChI=1S/C23H25BrFN3O3/c24-20-8-7-18(25)14-19(20)22(30)26-10-9-21(29)27-15-16-5-4-6-17(13-16)23(31)28-11-2-1-3-12-28/h4-8,13-14H,1-3,9-12,15H2,(H,26,30)(H,27,29). The molecule has 1 fully saturated rings. The maximum atomic E-state index is 13.3. The zero-order valence-corrected chi connectivity index (χ0v) is 18.7. The fourth-order valence-corrected chi connectivity index (χ4v) is 3.87. The molecule has 0 aromatic heterocycles. The van der Waals surface area contributed by atoms with Crippen molar-refractivity contribution >= 4 is 33.7 Å². The summed E-state index contributed by atoms with van der Waals surface area (Å²) in [6, 6.07) is 11.1. The highest BCUT2D eigenvalue weighted by molar-refractivity contribution is 9.10. The molecule has 2 aromatic carbocycles. The van der Waals surface area contributed by atoms with E-state index in [9.17, 15) is 18.8 Å². The number of halogens is 2. The van der Waals surface area contributed by atoms with Crippen molar-refractivity contribution in [2.24, 2.45) is 0 Å². The molecule has 1 heterocycles. The van der Waals surface area contributed by atoms with E-state index in [4.69, 9.17) is 0 Å². The van der Waals surface area contributed by atoms with Crippen LogP contribution in [0, 0.1) is 5.82 Å². The van der Waals surface area contributed by atoms with Crippen molar-refractivity contribution in [2.45, 2.75) is 32.2 Å². The van der Waals surface area contributed by atoms with Gasteiger partial charge in [-0.3, -0.25) is 14.4 Å². The van der Waals surface area contributed by atoms with Crippen LogP contribution in [0.1, 0.15) is 52.0 Å². The summed E-state index contributed by atoms with van der Waals surface area (Å²) >= 11 is 3.21. The molecule has 1 aliphatic rings. The number of amides is 3. The Balaban J connectivity index is 1.45. The lowest BCUT2D eigenvalue weighted by Gasteiger charge is -2.26. The van der Waals surface area contributed by atoms with Crippen LogP contribution in [-0.4, -0.2) is 42.3 Å². The van der Waals surface area contributed by atoms with Crippen LogP contribution >= 0.6 is 15.9 Å². The van der Waals surface area contributed by atoms with Crippen molar-refractivity contribution in [1.82, 2.24) is 15.5 Å². The molecule has 164 valence electrons. The summed E-state index contributed by atoms with van der Waals surface area (Å²) in [6.07, 6.45) is 3.32. The Morgan fingerprint density at radius 3 is 2.55 bits per heavy atom. The van der Waals surface area contributed by atoms with E-state index in [2.05, 4.69) is 26.6 Å². The van der Waals surface area contributed by atoms with Crippen LogP contribution in [0.4, 0.5) is 4.39 Å². The Morgan fingerprint density at radius 2 is 1.77 bits per heavy atom. The smallest absolute Gasteiger partial charge is 0.253 e. The van der Waals surface area contributed by atoms with Gasteiger partial charge in [-0.15, -0.1) is 0 Å². The summed E-state index contributed by atoms with van der Waals surface area (Å²) in [5.41, 5.74) is 1.64. The predicted octanol–water partition coefficient (Wildman–Crippen LogP) is 3.65. The summed E-state index contributed by atoms with van der Waals surface area (Å²) in [6.45, 7) is 2.00. The molecule has 2 N–H and O–H groups in total. The lowest BCUT2D eigenvalue weighted by atomic mass is 10.1. The first kappa shape index (κ1) is 22.9. The molecule has 0 aliphatic carbocycles. The Labute approximate surface area is 189 Å². The van der Waals surface area contributed by atoms with Gasteiger partial charge in [0.1, 0.15) is 5.82 Å². The van der Waals surface area contributed by atoms with E-state index in [0.717, 1.165) is 44.0 Å². The van der Waals surface area contributed by atoms with E-state index in [1.54, 1.807) is 12.1 Å². The van der Waals surface area contributed by atoms with Gasteiger partial charge in [0.25, 0.3) is 11.8 Å². The van der Waals surface area contributed by atoms with Crippen LogP contribution in [0.5, 0.6) is 0 Å². The van der Waals surface area contributed by atoms with Crippen LogP contribution in [0.15, 0.2) is 46.9 Å². The van der Waals surface area contributed by atoms with Crippen molar-refractivity contribution in [1.29, 1.82) is 0 Å². The molecule has 2 aromatic rings. The van der Waals surface area contributed by atoms with Crippen molar-refractivity contribution in [2.75, 3.05) is 19.6 Å². The van der Waals surface area contributed by atoms with Gasteiger partial charge < -0.3 is 15.5 Å². The number of carbonyl (C=O) groups is 3. The van der Waals surface area contributed by atoms with Gasteiger partial charge in [0.15, 0.2) is 0 Å². The molecule has 3 amide bonds. The molecular weight excluding hydrogens is 465 g/mol. The van der Waals surface area contributed by atoms with Crippen LogP contribution in [0.25, 0.3) is 0 Å². The number of rotatable bonds is 7. The molecule has 1 aliphatic heterocycles. The third-order valence-corrected chi connectivity index (χ3v) is 5.81. The average Bonchev–Trinajstić information content (AvgIpc) is 2.79. The number of nitrogens with zero attached hydrogens (tertiary/aromatic N) is 1. The maximum Gasteiger partial charge on any atom is 0.253 e. The van der Waals surface area contributed by atoms with E-state index in [1.165, 1.54) is 12.1 Å². The highest BCUT2D eigenvalue weighted by Gasteiger charge is 2.18. The number of nitrogens with one attached hydrogen (secondary N) is 2. The van der Waals surface area contributed by atoms with E-state index in [1.807, 2.05) is 17.0 Å². The van der Waals surface area contributed by atoms with E-state index < -0.39 is 11.7 Å². The Morgan fingerprint density at radius 1 is 1.00 bits per heavy atom. The zero-order valence-electron chi connectivity index (χ0n) is 17.1. The minimum Gasteiger partial charge on any atom is -0.352 e. The molecule has 0 saturated carbocycles. The number of piperidine rings is 1. The van der Waals surface area contributed by atoms with Crippen LogP contribution in [-0.2, 0) is 11.3 Å². The summed E-state index contributed by atoms with van der Waals surface area (Å²) in [4.78, 5) is 38.8. The van der Waals surface area contributed by atoms with Crippen molar-refractivity contribution < 1.29 is 18.8 Å². The van der Waals surface area contributed by atoms with E-state index in [-0.39, 0.29) is 30.3 Å². The van der Waals surface area contributed by atoms with E-state index in [0.29, 0.717) is 16.6 Å². The van der Waals surface area contributed by atoms with Gasteiger partial charge in [-0.1, -0.05) is 12.1 Å². The zero-order chi connectivity index (χ0) is 22.2. The molecule has 0 radical (unpaired) electrons. The highest BCUT2D eigenvalue weighted by Crippen LogP contribution is 2.17. The van der Waals surface area contributed by atoms with Crippen molar-refractivity contribution in [3.8, 4) is 0 Å². The molecule has 31 heavy (non-hydrogen) atoms. The normalized spacial score (nSPS) is 13.5. The first-order valence-electron chi connectivity index (χ1n) is 10.3. The second-order valence-electron chi connectivity index (χ2n) is 7.46. The monoisotopic (exact) mass is 489 g/mol. The van der Waals surface area contributed by atoms with Crippen LogP contribution in [0.2, 0.25) is 0 Å². The molecule has 0 bridgehead atoms. The minimum absolute atomic E-state index is 0.0269. The third-order valence-electron chi connectivity index (χ3n) is 5.12. The largest absolute Gasteiger partial charge is 0.352 e. The van der Waals surface area contributed by atoms with Gasteiger partial charge >= 0.3 is 0 Å². The number of hydrogen-bond acceptors (Lipinski definition) is 3. The number of carbonyl (C=O) groups excluding carboxylic acids is 3. The average molecular weight is 490 g/mol. The van der Waals surface area contributed by atoms with Gasteiger partial charge in [-0.25, -0.2) is 4.39 Å². The summed E-state index contributed by atoms with van der Waals surface area (Å²) in [5.74, 6) is -1.17. The molecule has 1 saturated heterocycles. The molecule has 0 unspecified atom stereocenters. The van der Waals surface area contributed by atoms with E-state index >= 15 is 0 Å². The second-order valence-corrected chi connectivity index (χ2v) is 8.31. The first-order chi connectivity index (χ1) is 14.9. The second kappa shape index (κ2) is 11.0. The molecule has 8 heteroatoms. The quantitative estimate of drug-likeness (QED) is 0.622. The third kappa shape index (κ3) is 6.62. The number of hydrogen-bond donors (Lipinski definition) is 2.